The molecule has 2 heterocycles. The molecule has 0 aliphatic rings. The Kier molecular flexibility index (Phi) is 7.93. The van der Waals surface area contributed by atoms with Gasteiger partial charge in [0.05, 0.1) is 6.61 Å². The number of methoxy groups -OCH3 is 1. The topological polar surface area (TPSA) is 58.4 Å². The van der Waals surface area contributed by atoms with Gasteiger partial charge in [-0.1, -0.05) is 31.2 Å². The number of ether oxygens (including phenoxy) is 3. The van der Waals surface area contributed by atoms with E-state index in [2.05, 4.69) is 52.3 Å². The number of fused-ring (bicyclic) bond motifs is 1. The number of pyridine rings is 1. The Bertz CT molecular complexity index is 706. The van der Waals surface area contributed by atoms with Crippen LogP contribution < -0.4 is 4.74 Å². The van der Waals surface area contributed by atoms with E-state index in [1.165, 1.54) is 0 Å². The zero-order valence-electron chi connectivity index (χ0n) is 15.1. The minimum absolute atomic E-state index is 0.377. The smallest absolute Gasteiger partial charge is 0.150 e. The van der Waals surface area contributed by atoms with Crippen molar-refractivity contribution in [3.8, 4) is 5.75 Å². The maximum atomic E-state index is 6.14. The average Bonchev–Trinajstić information content (AvgIpc) is 2.83. The van der Waals surface area contributed by atoms with Crippen molar-refractivity contribution >= 4 is 53.3 Å². The Balaban J connectivity index is 2.16. The van der Waals surface area contributed by atoms with Crippen LogP contribution in [-0.2, 0) is 16.2 Å². The molecule has 0 aromatic carbocycles. The molecule has 0 saturated carbocycles. The molecular formula is C16H25ClIN3O3Si. The Hall–Kier alpha value is -0.423. The third kappa shape index (κ3) is 6.35. The molecule has 0 saturated heterocycles. The molecule has 2 rings (SSSR count). The lowest BCUT2D eigenvalue weighted by atomic mass is 10.3. The van der Waals surface area contributed by atoms with Crippen molar-refractivity contribution in [2.24, 2.45) is 0 Å². The van der Waals surface area contributed by atoms with E-state index in [0.29, 0.717) is 30.8 Å². The number of hydrogen-bond acceptors (Lipinski definition) is 5. The standard InChI is InChI=1S/C16H25ClIN3O3Si/c1-22-6-5-7-24-12-10-13(17)19-14-15(12)21(20-16(14)18)11-23-8-9-25(2,3)4/h10H,5-9,11H2,1-4H3. The number of halogens is 2. The summed E-state index contributed by atoms with van der Waals surface area (Å²) >= 11 is 8.30. The first-order chi connectivity index (χ1) is 11.8. The van der Waals surface area contributed by atoms with Crippen molar-refractivity contribution in [1.29, 1.82) is 0 Å². The van der Waals surface area contributed by atoms with E-state index in [1.54, 1.807) is 17.9 Å². The first-order valence-corrected chi connectivity index (χ1v) is 13.4. The van der Waals surface area contributed by atoms with Crippen molar-refractivity contribution in [3.63, 3.8) is 0 Å². The highest BCUT2D eigenvalue weighted by atomic mass is 127. The molecule has 0 N–H and O–H groups in total. The van der Waals surface area contributed by atoms with Crippen molar-refractivity contribution < 1.29 is 14.2 Å². The maximum absolute atomic E-state index is 6.14. The lowest BCUT2D eigenvalue weighted by molar-refractivity contribution is 0.0810. The number of rotatable bonds is 10. The van der Waals surface area contributed by atoms with Gasteiger partial charge in [0.15, 0.2) is 0 Å². The zero-order chi connectivity index (χ0) is 18.4. The van der Waals surface area contributed by atoms with E-state index in [0.717, 1.165) is 33.8 Å². The molecule has 0 unspecified atom stereocenters. The van der Waals surface area contributed by atoms with Gasteiger partial charge < -0.3 is 14.2 Å². The van der Waals surface area contributed by atoms with Gasteiger partial charge in [-0.25, -0.2) is 9.67 Å². The molecule has 0 aliphatic heterocycles. The summed E-state index contributed by atoms with van der Waals surface area (Å²) in [5, 5.41) is 4.93. The highest BCUT2D eigenvalue weighted by Gasteiger charge is 2.17. The number of aromatic nitrogens is 3. The van der Waals surface area contributed by atoms with Gasteiger partial charge in [0.25, 0.3) is 0 Å². The summed E-state index contributed by atoms with van der Waals surface area (Å²) in [5.41, 5.74) is 1.56. The maximum Gasteiger partial charge on any atom is 0.150 e. The quantitative estimate of drug-likeness (QED) is 0.210. The lowest BCUT2D eigenvalue weighted by Gasteiger charge is -2.15. The van der Waals surface area contributed by atoms with Crippen LogP contribution in [0.2, 0.25) is 30.8 Å². The summed E-state index contributed by atoms with van der Waals surface area (Å²) in [5.74, 6) is 0.676. The van der Waals surface area contributed by atoms with Crippen molar-refractivity contribution in [2.75, 3.05) is 26.9 Å². The summed E-state index contributed by atoms with van der Waals surface area (Å²) in [7, 11) is 0.567. The Morgan fingerprint density at radius 3 is 2.68 bits per heavy atom. The predicted molar refractivity (Wildman–Crippen MR) is 111 cm³/mol. The zero-order valence-corrected chi connectivity index (χ0v) is 19.1. The normalized spacial score (nSPS) is 12.1. The van der Waals surface area contributed by atoms with Crippen LogP contribution in [0.5, 0.6) is 5.75 Å². The van der Waals surface area contributed by atoms with E-state index < -0.39 is 8.07 Å². The molecule has 0 atom stereocenters. The molecule has 2 aromatic heterocycles. The van der Waals surface area contributed by atoms with E-state index in [-0.39, 0.29) is 0 Å². The van der Waals surface area contributed by atoms with Gasteiger partial charge >= 0.3 is 0 Å². The molecule has 0 bridgehead atoms. The molecule has 0 fully saturated rings. The minimum Gasteiger partial charge on any atom is -0.491 e. The summed E-state index contributed by atoms with van der Waals surface area (Å²) in [6.45, 7) is 9.31. The molecule has 9 heteroatoms. The van der Waals surface area contributed by atoms with Crippen LogP contribution in [0.4, 0.5) is 0 Å². The number of hydrogen-bond donors (Lipinski definition) is 0. The summed E-state index contributed by atoms with van der Waals surface area (Å²) < 4.78 is 19.4. The van der Waals surface area contributed by atoms with Gasteiger partial charge in [-0.05, 0) is 28.6 Å². The van der Waals surface area contributed by atoms with Gasteiger partial charge in [-0.3, -0.25) is 0 Å². The largest absolute Gasteiger partial charge is 0.491 e. The second-order valence-electron chi connectivity index (χ2n) is 6.97. The fourth-order valence-corrected chi connectivity index (χ4v) is 3.78. The summed E-state index contributed by atoms with van der Waals surface area (Å²) in [6, 6.07) is 2.85. The van der Waals surface area contributed by atoms with Crippen molar-refractivity contribution in [1.82, 2.24) is 14.8 Å². The average molecular weight is 498 g/mol. The second-order valence-corrected chi connectivity index (χ2v) is 14.0. The first-order valence-electron chi connectivity index (χ1n) is 8.24. The van der Waals surface area contributed by atoms with E-state index in [4.69, 9.17) is 25.8 Å². The Morgan fingerprint density at radius 2 is 2.00 bits per heavy atom. The monoisotopic (exact) mass is 497 g/mol. The fourth-order valence-electron chi connectivity index (χ4n) is 2.20. The molecular weight excluding hydrogens is 473 g/mol. The molecule has 140 valence electrons. The molecule has 0 radical (unpaired) electrons. The Labute approximate surface area is 168 Å². The predicted octanol–water partition coefficient (Wildman–Crippen LogP) is 4.42. The Morgan fingerprint density at radius 1 is 1.24 bits per heavy atom. The van der Waals surface area contributed by atoms with E-state index in [1.807, 2.05) is 0 Å². The van der Waals surface area contributed by atoms with Crippen LogP contribution in [0.3, 0.4) is 0 Å². The number of nitrogens with zero attached hydrogens (tertiary/aromatic N) is 3. The minimum atomic E-state index is -1.11. The third-order valence-corrected chi connectivity index (χ3v) is 6.17. The lowest BCUT2D eigenvalue weighted by Crippen LogP contribution is -2.22. The van der Waals surface area contributed by atoms with Crippen LogP contribution in [0, 0.1) is 3.70 Å². The molecule has 0 aliphatic carbocycles. The highest BCUT2D eigenvalue weighted by molar-refractivity contribution is 14.1. The van der Waals surface area contributed by atoms with Crippen LogP contribution >= 0.6 is 34.2 Å². The summed E-state index contributed by atoms with van der Waals surface area (Å²) in [4.78, 5) is 4.39. The highest BCUT2D eigenvalue weighted by Crippen LogP contribution is 2.30. The van der Waals surface area contributed by atoms with Crippen LogP contribution in [0.25, 0.3) is 11.0 Å². The fraction of sp³-hybridized carbons (Fsp3) is 0.625. The first kappa shape index (κ1) is 20.9. The van der Waals surface area contributed by atoms with Gasteiger partial charge in [0.1, 0.15) is 32.4 Å². The van der Waals surface area contributed by atoms with Crippen molar-refractivity contribution in [2.45, 2.75) is 38.8 Å². The van der Waals surface area contributed by atoms with Gasteiger partial charge in [0, 0.05) is 40.9 Å². The second kappa shape index (κ2) is 9.49. The molecule has 25 heavy (non-hydrogen) atoms. The molecule has 2 aromatic rings. The molecule has 0 spiro atoms. The van der Waals surface area contributed by atoms with Crippen LogP contribution in [-0.4, -0.2) is 49.8 Å². The SMILES string of the molecule is COCCCOc1cc(Cl)nc2c(I)nn(COCC[Si](C)(C)C)c12. The van der Waals surface area contributed by atoms with Gasteiger partial charge in [-0.2, -0.15) is 5.10 Å². The van der Waals surface area contributed by atoms with Crippen LogP contribution in [0.1, 0.15) is 6.42 Å². The van der Waals surface area contributed by atoms with E-state index >= 15 is 0 Å². The third-order valence-electron chi connectivity index (χ3n) is 3.55. The molecule has 6 nitrogen and oxygen atoms in total. The van der Waals surface area contributed by atoms with Crippen LogP contribution in [0.15, 0.2) is 6.07 Å². The van der Waals surface area contributed by atoms with Gasteiger partial charge in [-0.15, -0.1) is 0 Å². The van der Waals surface area contributed by atoms with Gasteiger partial charge in [0.2, 0.25) is 0 Å². The van der Waals surface area contributed by atoms with Crippen molar-refractivity contribution in [3.05, 3.63) is 14.9 Å². The summed E-state index contributed by atoms with van der Waals surface area (Å²) in [6.07, 6.45) is 0.801. The molecule has 0 amide bonds. The van der Waals surface area contributed by atoms with E-state index in [9.17, 15) is 0 Å².